The molecule has 0 fully saturated rings. The quantitative estimate of drug-likeness (QED) is 0.120. The summed E-state index contributed by atoms with van der Waals surface area (Å²) < 4.78 is 0. The average Bonchev–Trinajstić information content (AvgIpc) is 3.66. The molecule has 0 spiro atoms. The van der Waals surface area contributed by atoms with Crippen molar-refractivity contribution in [3.63, 3.8) is 0 Å². The monoisotopic (exact) mass is 699 g/mol. The second-order valence-electron chi connectivity index (χ2n) is 7.45. The van der Waals surface area contributed by atoms with Crippen molar-refractivity contribution in [2.45, 2.75) is 12.5 Å². The summed E-state index contributed by atoms with van der Waals surface area (Å²) in [6.07, 6.45) is 0. The minimum atomic E-state index is -1.09. The molecule has 0 saturated heterocycles. The number of aromatic nitrogens is 2. The Labute approximate surface area is 296 Å². The van der Waals surface area contributed by atoms with Crippen LogP contribution in [0.3, 0.4) is 0 Å². The molecule has 44 heavy (non-hydrogen) atoms. The molecule has 18 heteroatoms. The fourth-order valence-electron chi connectivity index (χ4n) is 2.53. The first-order chi connectivity index (χ1) is 20.1. The van der Waals surface area contributed by atoms with Gasteiger partial charge in [-0.3, -0.25) is 9.59 Å². The SMILES string of the molecule is ClCc1csc(-c2ccc(Cl)cc2)n1.N#CC(=NOCc1csc(-c2ccc(Cl)cc2)n1)C(N)=O.N#CC(=[N-])C(N)=O.[Na+].[OH-]. The molecule has 0 atom stereocenters. The van der Waals surface area contributed by atoms with Crippen LogP contribution in [-0.4, -0.2) is 38.7 Å². The van der Waals surface area contributed by atoms with E-state index >= 15 is 0 Å². The third kappa shape index (κ3) is 13.9. The zero-order valence-corrected chi connectivity index (χ0v) is 28.5. The van der Waals surface area contributed by atoms with Gasteiger partial charge in [-0.15, -0.1) is 34.3 Å². The number of benzene rings is 2. The van der Waals surface area contributed by atoms with Gasteiger partial charge in [0, 0.05) is 31.9 Å². The molecule has 0 radical (unpaired) electrons. The fraction of sp³-hybridized carbons (Fsp3) is 0.0769. The predicted octanol–water partition coefficient (Wildman–Crippen LogP) is 2.38. The van der Waals surface area contributed by atoms with E-state index in [0.717, 1.165) is 37.9 Å². The van der Waals surface area contributed by atoms with E-state index in [2.05, 4.69) is 20.9 Å². The number of hydrogen-bond donors (Lipinski definition) is 2. The molecule has 2 amide bonds. The molecule has 222 valence electrons. The Morgan fingerprint density at radius 1 is 0.864 bits per heavy atom. The number of nitriles is 2. The number of nitrogens with two attached hydrogens (primary N) is 2. The molecule has 0 bridgehead atoms. The molecule has 4 aromatic rings. The number of oxime groups is 1. The predicted molar refractivity (Wildman–Crippen MR) is 167 cm³/mol. The molecule has 4 rings (SSSR count). The summed E-state index contributed by atoms with van der Waals surface area (Å²) in [6.45, 7) is 0.0442. The van der Waals surface area contributed by atoms with Crippen molar-refractivity contribution in [3.8, 4) is 33.3 Å². The van der Waals surface area contributed by atoms with Gasteiger partial charge in [0.2, 0.25) is 11.6 Å². The molecule has 2 aromatic carbocycles. The minimum Gasteiger partial charge on any atom is -0.870 e. The van der Waals surface area contributed by atoms with Crippen LogP contribution in [-0.2, 0) is 26.9 Å². The van der Waals surface area contributed by atoms with Crippen LogP contribution in [0.5, 0.6) is 0 Å². The van der Waals surface area contributed by atoms with Crippen LogP contribution in [0, 0.1) is 22.7 Å². The van der Waals surface area contributed by atoms with Gasteiger partial charge >= 0.3 is 29.6 Å². The smallest absolute Gasteiger partial charge is 0.870 e. The number of carbonyl (C=O) groups is 2. The third-order valence-corrected chi connectivity index (χ3v) is 7.13. The zero-order chi connectivity index (χ0) is 31.1. The van der Waals surface area contributed by atoms with Gasteiger partial charge in [0.15, 0.2) is 6.61 Å². The van der Waals surface area contributed by atoms with Crippen LogP contribution < -0.4 is 41.0 Å². The van der Waals surface area contributed by atoms with E-state index in [1.54, 1.807) is 34.9 Å². The third-order valence-electron chi connectivity index (χ3n) is 4.47. The maximum absolute atomic E-state index is 10.8. The van der Waals surface area contributed by atoms with Gasteiger partial charge in [-0.1, -0.05) is 52.6 Å². The molecule has 0 saturated carbocycles. The molecule has 0 aliphatic rings. The van der Waals surface area contributed by atoms with E-state index in [-0.39, 0.29) is 41.6 Å². The number of amides is 2. The van der Waals surface area contributed by atoms with Crippen molar-refractivity contribution in [1.82, 2.24) is 9.97 Å². The standard InChI is InChI=1S/C13H9ClN4O2S.C10H7Cl2NS.C3H2N3O.Na.H2O/c14-9-3-1-8(2-4-9)13-17-10(7-21-13)6-20-18-11(5-15)12(16)19;11-5-9-6-14-10(13-9)7-1-3-8(12)4-2-7;4-1-2(5)3(6)7;;/h1-4,7H,6H2,(H2,16,19);1-4,6H,5H2;(H2,6,7);;1H2/q;;-1;+1;/p-1. The van der Waals surface area contributed by atoms with E-state index in [9.17, 15) is 9.59 Å². The van der Waals surface area contributed by atoms with Gasteiger partial charge in [0.05, 0.1) is 23.3 Å². The first-order valence-electron chi connectivity index (χ1n) is 11.2. The normalized spacial score (nSPS) is 9.61. The Morgan fingerprint density at radius 3 is 1.66 bits per heavy atom. The van der Waals surface area contributed by atoms with Crippen LogP contribution in [0.15, 0.2) is 64.4 Å². The Hall–Kier alpha value is -3.41. The Balaban J connectivity index is 0.000000696. The maximum atomic E-state index is 10.8. The molecule has 0 aliphatic carbocycles. The van der Waals surface area contributed by atoms with E-state index < -0.39 is 23.2 Å². The summed E-state index contributed by atoms with van der Waals surface area (Å²) >= 11 is 20.3. The number of carbonyl (C=O) groups excluding carboxylic acids is 2. The summed E-state index contributed by atoms with van der Waals surface area (Å²) in [7, 11) is 0. The number of alkyl halides is 1. The summed E-state index contributed by atoms with van der Waals surface area (Å²) in [5.41, 5.74) is 11.5. The number of nitrogens with zero attached hydrogens (tertiary/aromatic N) is 6. The summed E-state index contributed by atoms with van der Waals surface area (Å²) in [6, 6.07) is 17.6. The fourth-order valence-corrected chi connectivity index (χ4v) is 4.65. The van der Waals surface area contributed by atoms with Crippen molar-refractivity contribution in [2.75, 3.05) is 0 Å². The van der Waals surface area contributed by atoms with Crippen molar-refractivity contribution in [1.29, 1.82) is 10.5 Å². The number of hydrogen-bond acceptors (Lipinski definition) is 11. The Bertz CT molecular complexity index is 1650. The number of primary amides is 2. The Morgan fingerprint density at radius 2 is 1.32 bits per heavy atom. The number of thiazole rings is 2. The van der Waals surface area contributed by atoms with Crippen LogP contribution in [0.4, 0.5) is 0 Å². The van der Waals surface area contributed by atoms with Crippen molar-refractivity contribution >= 4 is 80.7 Å². The van der Waals surface area contributed by atoms with Crippen molar-refractivity contribution < 1.29 is 49.5 Å². The Kier molecular flexibility index (Phi) is 19.7. The molecule has 0 aliphatic heterocycles. The topological polar surface area (TPSA) is 233 Å². The van der Waals surface area contributed by atoms with Crippen molar-refractivity contribution in [2.24, 2.45) is 16.6 Å². The van der Waals surface area contributed by atoms with Gasteiger partial charge < -0.3 is 27.2 Å². The second kappa shape index (κ2) is 21.3. The molecule has 0 unspecified atom stereocenters. The molecule has 2 heterocycles. The van der Waals surface area contributed by atoms with E-state index in [4.69, 9.17) is 61.3 Å². The van der Waals surface area contributed by atoms with Crippen LogP contribution in [0.1, 0.15) is 11.4 Å². The van der Waals surface area contributed by atoms with E-state index in [0.29, 0.717) is 16.6 Å². The van der Waals surface area contributed by atoms with Gasteiger partial charge in [0.25, 0.3) is 5.91 Å². The van der Waals surface area contributed by atoms with Crippen LogP contribution >= 0.6 is 57.5 Å². The maximum Gasteiger partial charge on any atom is 1.00 e. The molecule has 12 nitrogen and oxygen atoms in total. The summed E-state index contributed by atoms with van der Waals surface area (Å²) in [5.74, 6) is -1.57. The van der Waals surface area contributed by atoms with E-state index in [1.165, 1.54) is 11.3 Å². The van der Waals surface area contributed by atoms with Gasteiger partial charge in [0.1, 0.15) is 16.1 Å². The number of rotatable bonds is 8. The van der Waals surface area contributed by atoms with Crippen LogP contribution in [0.25, 0.3) is 26.6 Å². The molecular formula is C26H19Cl3N8NaO4S2-. The second-order valence-corrected chi connectivity index (χ2v) is 10.3. The van der Waals surface area contributed by atoms with Gasteiger partial charge in [-0.2, -0.15) is 10.5 Å². The van der Waals surface area contributed by atoms with Crippen molar-refractivity contribution in [3.05, 3.63) is 86.1 Å². The van der Waals surface area contributed by atoms with E-state index in [1.807, 2.05) is 41.8 Å². The summed E-state index contributed by atoms with van der Waals surface area (Å²) in [5, 5.41) is 34.6. The van der Waals surface area contributed by atoms with Gasteiger partial charge in [-0.25, -0.2) is 9.97 Å². The zero-order valence-electron chi connectivity index (χ0n) is 22.6. The molecular weight excluding hydrogens is 682 g/mol. The molecule has 2 aromatic heterocycles. The van der Waals surface area contributed by atoms with Gasteiger partial charge in [-0.05, 0) is 30.0 Å². The van der Waals surface area contributed by atoms with Crippen LogP contribution in [0.2, 0.25) is 10.0 Å². The first-order valence-corrected chi connectivity index (χ1v) is 14.2. The number of halogens is 3. The minimum absolute atomic E-state index is 0. The molecule has 5 N–H and O–H groups in total. The average molecular weight is 701 g/mol. The largest absolute Gasteiger partial charge is 1.00 e. The summed E-state index contributed by atoms with van der Waals surface area (Å²) in [4.78, 5) is 34.0. The first kappa shape index (κ1) is 40.6.